The Morgan fingerprint density at radius 2 is 2.10 bits per heavy atom. The van der Waals surface area contributed by atoms with Gasteiger partial charge in [-0.25, -0.2) is 4.79 Å². The number of nitrogens with one attached hydrogen (secondary N) is 2. The summed E-state index contributed by atoms with van der Waals surface area (Å²) in [5.74, 6) is -0.178. The molecule has 1 atom stereocenters. The average Bonchev–Trinajstić information content (AvgIpc) is 2.80. The third-order valence-electron chi connectivity index (χ3n) is 2.58. The molecule has 0 aliphatic rings. The van der Waals surface area contributed by atoms with Gasteiger partial charge in [0.25, 0.3) is 0 Å². The molecule has 0 aliphatic heterocycles. The van der Waals surface area contributed by atoms with Gasteiger partial charge in [0.1, 0.15) is 0 Å². The first-order valence-corrected chi connectivity index (χ1v) is 6.82. The number of amides is 3. The Labute approximate surface area is 128 Å². The second-order valence-corrected chi connectivity index (χ2v) is 5.90. The molecule has 0 saturated heterocycles. The van der Waals surface area contributed by atoms with Crippen LogP contribution in [0.15, 0.2) is 17.5 Å². The maximum Gasteiger partial charge on any atom is 0.312 e. The summed E-state index contributed by atoms with van der Waals surface area (Å²) in [7, 11) is 0. The van der Waals surface area contributed by atoms with Crippen molar-refractivity contribution in [2.75, 3.05) is 6.54 Å². The van der Waals surface area contributed by atoms with Gasteiger partial charge in [-0.1, -0.05) is 6.07 Å². The summed E-state index contributed by atoms with van der Waals surface area (Å²) in [6.07, 6.45) is 0.132. The lowest BCUT2D eigenvalue weighted by atomic mass is 10.0. The van der Waals surface area contributed by atoms with Crippen LogP contribution in [0.2, 0.25) is 0 Å². The SMILES string of the molecule is CC(C)(CN)NC(=O)CC(NC(N)=O)c1cccs1.Cl. The molecule has 6 nitrogen and oxygen atoms in total. The highest BCUT2D eigenvalue weighted by atomic mass is 35.5. The molecule has 0 fully saturated rings. The van der Waals surface area contributed by atoms with Crippen LogP contribution < -0.4 is 22.1 Å². The molecular weight excluding hydrogens is 300 g/mol. The van der Waals surface area contributed by atoms with E-state index < -0.39 is 17.6 Å². The van der Waals surface area contributed by atoms with Gasteiger partial charge in [-0.2, -0.15) is 0 Å². The summed E-state index contributed by atoms with van der Waals surface area (Å²) in [4.78, 5) is 23.8. The molecule has 0 aromatic carbocycles. The summed E-state index contributed by atoms with van der Waals surface area (Å²) < 4.78 is 0. The zero-order valence-corrected chi connectivity index (χ0v) is 13.1. The highest BCUT2D eigenvalue weighted by Gasteiger charge is 2.23. The van der Waals surface area contributed by atoms with Gasteiger partial charge in [0.05, 0.1) is 12.5 Å². The Morgan fingerprint density at radius 3 is 2.55 bits per heavy atom. The second-order valence-electron chi connectivity index (χ2n) is 4.92. The van der Waals surface area contributed by atoms with E-state index in [1.54, 1.807) is 0 Å². The summed E-state index contributed by atoms with van der Waals surface area (Å²) in [6.45, 7) is 4.02. The summed E-state index contributed by atoms with van der Waals surface area (Å²) >= 11 is 1.46. The smallest absolute Gasteiger partial charge is 0.312 e. The van der Waals surface area contributed by atoms with Crippen molar-refractivity contribution in [3.63, 3.8) is 0 Å². The van der Waals surface area contributed by atoms with Crippen LogP contribution in [0.3, 0.4) is 0 Å². The van der Waals surface area contributed by atoms with Crippen LogP contribution in [-0.2, 0) is 4.79 Å². The zero-order chi connectivity index (χ0) is 14.5. The first-order valence-electron chi connectivity index (χ1n) is 5.94. The quantitative estimate of drug-likeness (QED) is 0.630. The molecule has 3 amide bonds. The van der Waals surface area contributed by atoms with Gasteiger partial charge in [0.15, 0.2) is 0 Å². The van der Waals surface area contributed by atoms with E-state index in [1.807, 2.05) is 31.4 Å². The number of urea groups is 1. The molecule has 114 valence electrons. The van der Waals surface area contributed by atoms with Crippen LogP contribution >= 0.6 is 23.7 Å². The first-order chi connectivity index (χ1) is 8.84. The summed E-state index contributed by atoms with van der Waals surface area (Å²) in [6, 6.07) is 2.65. The molecule has 0 spiro atoms. The van der Waals surface area contributed by atoms with Crippen LogP contribution in [0.5, 0.6) is 0 Å². The molecule has 0 bridgehead atoms. The van der Waals surface area contributed by atoms with E-state index in [2.05, 4.69) is 10.6 Å². The van der Waals surface area contributed by atoms with Crippen LogP contribution in [0.25, 0.3) is 0 Å². The van der Waals surface area contributed by atoms with Crippen molar-refractivity contribution in [2.45, 2.75) is 31.8 Å². The van der Waals surface area contributed by atoms with Gasteiger partial charge in [0, 0.05) is 17.0 Å². The Bertz CT molecular complexity index is 437. The van der Waals surface area contributed by atoms with Gasteiger partial charge in [-0.05, 0) is 25.3 Å². The van der Waals surface area contributed by atoms with Crippen molar-refractivity contribution in [3.8, 4) is 0 Å². The average molecular weight is 321 g/mol. The normalized spacial score (nSPS) is 12.2. The second kappa shape index (κ2) is 8.08. The number of primary amides is 1. The van der Waals surface area contributed by atoms with Crippen LogP contribution in [0, 0.1) is 0 Å². The maximum atomic E-state index is 12.0. The molecule has 6 N–H and O–H groups in total. The predicted octanol–water partition coefficient (Wildman–Crippen LogP) is 1.12. The first kappa shape index (κ1) is 18.7. The highest BCUT2D eigenvalue weighted by molar-refractivity contribution is 7.10. The molecule has 1 heterocycles. The van der Waals surface area contributed by atoms with E-state index in [-0.39, 0.29) is 24.7 Å². The number of carbonyl (C=O) groups excluding carboxylic acids is 2. The third-order valence-corrected chi connectivity index (χ3v) is 3.57. The molecule has 20 heavy (non-hydrogen) atoms. The molecule has 8 heteroatoms. The van der Waals surface area contributed by atoms with E-state index >= 15 is 0 Å². The van der Waals surface area contributed by atoms with Crippen molar-refractivity contribution >= 4 is 35.7 Å². The van der Waals surface area contributed by atoms with Crippen molar-refractivity contribution in [1.29, 1.82) is 0 Å². The van der Waals surface area contributed by atoms with Crippen molar-refractivity contribution in [3.05, 3.63) is 22.4 Å². The monoisotopic (exact) mass is 320 g/mol. The fourth-order valence-electron chi connectivity index (χ4n) is 1.55. The molecule has 1 unspecified atom stereocenters. The molecule has 0 saturated carbocycles. The lowest BCUT2D eigenvalue weighted by Crippen LogP contribution is -2.49. The third kappa shape index (κ3) is 6.23. The molecule has 0 aliphatic carbocycles. The van der Waals surface area contributed by atoms with E-state index in [4.69, 9.17) is 11.5 Å². The molecule has 1 aromatic rings. The van der Waals surface area contributed by atoms with Crippen molar-refractivity contribution < 1.29 is 9.59 Å². The van der Waals surface area contributed by atoms with E-state index in [1.165, 1.54) is 11.3 Å². The van der Waals surface area contributed by atoms with Crippen LogP contribution in [0.1, 0.15) is 31.2 Å². The topological polar surface area (TPSA) is 110 Å². The lowest BCUT2D eigenvalue weighted by molar-refractivity contribution is -0.123. The number of thiophene rings is 1. The number of hydrogen-bond donors (Lipinski definition) is 4. The molecular formula is C12H21ClN4O2S. The summed E-state index contributed by atoms with van der Waals surface area (Å²) in [5.41, 5.74) is 10.2. The number of hydrogen-bond acceptors (Lipinski definition) is 4. The Balaban J connectivity index is 0.00000361. The molecule has 1 aromatic heterocycles. The van der Waals surface area contributed by atoms with E-state index in [9.17, 15) is 9.59 Å². The standard InChI is InChI=1S/C12H20N4O2S.ClH/c1-12(2,7-13)16-10(17)6-8(15-11(14)18)9-4-3-5-19-9;/h3-5,8H,6-7,13H2,1-2H3,(H,16,17)(H3,14,15,18);1H. The minimum Gasteiger partial charge on any atom is -0.352 e. The Hall–Kier alpha value is -1.31. The molecule has 1 rings (SSSR count). The maximum absolute atomic E-state index is 12.0. The van der Waals surface area contributed by atoms with E-state index in [0.29, 0.717) is 6.54 Å². The van der Waals surface area contributed by atoms with Crippen molar-refractivity contribution in [1.82, 2.24) is 10.6 Å². The Morgan fingerprint density at radius 1 is 1.45 bits per heavy atom. The van der Waals surface area contributed by atoms with Gasteiger partial charge in [-0.3, -0.25) is 4.79 Å². The fraction of sp³-hybridized carbons (Fsp3) is 0.500. The number of nitrogens with two attached hydrogens (primary N) is 2. The molecule has 0 radical (unpaired) electrons. The van der Waals surface area contributed by atoms with Crippen molar-refractivity contribution in [2.24, 2.45) is 11.5 Å². The zero-order valence-electron chi connectivity index (χ0n) is 11.5. The number of rotatable bonds is 6. The van der Waals surface area contributed by atoms with Crippen LogP contribution in [0.4, 0.5) is 4.79 Å². The van der Waals surface area contributed by atoms with Gasteiger partial charge in [0.2, 0.25) is 5.91 Å². The van der Waals surface area contributed by atoms with Crippen LogP contribution in [-0.4, -0.2) is 24.0 Å². The van der Waals surface area contributed by atoms with E-state index in [0.717, 1.165) is 4.88 Å². The predicted molar refractivity (Wildman–Crippen MR) is 82.9 cm³/mol. The summed E-state index contributed by atoms with van der Waals surface area (Å²) in [5, 5.41) is 7.28. The Kier molecular flexibility index (Phi) is 7.55. The minimum absolute atomic E-state index is 0. The number of halogens is 1. The highest BCUT2D eigenvalue weighted by Crippen LogP contribution is 2.22. The number of carbonyl (C=O) groups is 2. The minimum atomic E-state index is -0.649. The fourth-order valence-corrected chi connectivity index (χ4v) is 2.33. The lowest BCUT2D eigenvalue weighted by Gasteiger charge is -2.25. The van der Waals surface area contributed by atoms with Gasteiger partial charge < -0.3 is 22.1 Å². The van der Waals surface area contributed by atoms with Gasteiger partial charge in [-0.15, -0.1) is 23.7 Å². The van der Waals surface area contributed by atoms with Gasteiger partial charge >= 0.3 is 6.03 Å². The largest absolute Gasteiger partial charge is 0.352 e.